The first-order valence-corrected chi connectivity index (χ1v) is 8.53. The minimum Gasteiger partial charge on any atom is -0.309 e. The molecule has 0 bridgehead atoms. The second kappa shape index (κ2) is 6.11. The standard InChI is InChI=1S/C16H31N3/c1-2-18-11-6-7-15(13-18)19-12-10-17-16(14-19)8-4-3-5-9-16/h15,17H,2-14H2,1H3. The fourth-order valence-corrected chi connectivity index (χ4v) is 4.48. The molecule has 3 heteroatoms. The van der Waals surface area contributed by atoms with Gasteiger partial charge in [-0.15, -0.1) is 0 Å². The van der Waals surface area contributed by atoms with Gasteiger partial charge in [-0.1, -0.05) is 26.2 Å². The van der Waals surface area contributed by atoms with Crippen molar-refractivity contribution in [3.63, 3.8) is 0 Å². The molecule has 3 fully saturated rings. The van der Waals surface area contributed by atoms with Crippen molar-refractivity contribution in [1.29, 1.82) is 0 Å². The Hall–Kier alpha value is -0.120. The summed E-state index contributed by atoms with van der Waals surface area (Å²) >= 11 is 0. The SMILES string of the molecule is CCN1CCCC(N2CCNC3(CCCCC3)C2)C1. The van der Waals surface area contributed by atoms with E-state index in [-0.39, 0.29) is 0 Å². The maximum Gasteiger partial charge on any atom is 0.0309 e. The van der Waals surface area contributed by atoms with Gasteiger partial charge >= 0.3 is 0 Å². The molecule has 0 aromatic heterocycles. The molecule has 2 saturated heterocycles. The number of nitrogens with zero attached hydrogens (tertiary/aromatic N) is 2. The Morgan fingerprint density at radius 1 is 1.11 bits per heavy atom. The quantitative estimate of drug-likeness (QED) is 0.825. The average molecular weight is 265 g/mol. The predicted molar refractivity (Wildman–Crippen MR) is 80.5 cm³/mol. The van der Waals surface area contributed by atoms with Crippen LogP contribution >= 0.6 is 0 Å². The monoisotopic (exact) mass is 265 g/mol. The first-order chi connectivity index (χ1) is 9.31. The first-order valence-electron chi connectivity index (χ1n) is 8.53. The minimum absolute atomic E-state index is 0.477. The zero-order chi connectivity index (χ0) is 13.1. The summed E-state index contributed by atoms with van der Waals surface area (Å²) in [5.41, 5.74) is 0.477. The summed E-state index contributed by atoms with van der Waals surface area (Å²) in [6.07, 6.45) is 9.97. The van der Waals surface area contributed by atoms with Crippen molar-refractivity contribution in [1.82, 2.24) is 15.1 Å². The topological polar surface area (TPSA) is 18.5 Å². The van der Waals surface area contributed by atoms with Gasteiger partial charge in [0, 0.05) is 37.8 Å². The van der Waals surface area contributed by atoms with Crippen LogP contribution in [0.25, 0.3) is 0 Å². The van der Waals surface area contributed by atoms with Gasteiger partial charge in [0.25, 0.3) is 0 Å². The number of hydrogen-bond acceptors (Lipinski definition) is 3. The van der Waals surface area contributed by atoms with Crippen molar-refractivity contribution in [3.8, 4) is 0 Å². The number of likely N-dealkylation sites (N-methyl/N-ethyl adjacent to an activating group) is 1. The van der Waals surface area contributed by atoms with Gasteiger partial charge in [-0.05, 0) is 38.8 Å². The molecule has 3 rings (SSSR count). The number of piperidine rings is 1. The Bertz CT molecular complexity index is 280. The van der Waals surface area contributed by atoms with Crippen molar-refractivity contribution in [2.24, 2.45) is 0 Å². The summed E-state index contributed by atoms with van der Waals surface area (Å²) < 4.78 is 0. The second-order valence-corrected chi connectivity index (χ2v) is 6.93. The molecule has 1 spiro atoms. The highest BCUT2D eigenvalue weighted by Crippen LogP contribution is 2.32. The average Bonchev–Trinajstić information content (AvgIpc) is 2.48. The van der Waals surface area contributed by atoms with E-state index in [1.165, 1.54) is 84.2 Å². The van der Waals surface area contributed by atoms with Gasteiger partial charge in [0.15, 0.2) is 0 Å². The number of nitrogens with one attached hydrogen (secondary N) is 1. The molecule has 2 aliphatic heterocycles. The van der Waals surface area contributed by atoms with Crippen molar-refractivity contribution < 1.29 is 0 Å². The highest BCUT2D eigenvalue weighted by Gasteiger charge is 2.38. The van der Waals surface area contributed by atoms with Crippen molar-refractivity contribution >= 4 is 0 Å². The molecular weight excluding hydrogens is 234 g/mol. The molecule has 19 heavy (non-hydrogen) atoms. The van der Waals surface area contributed by atoms with Crippen molar-refractivity contribution in [2.75, 3.05) is 39.3 Å². The van der Waals surface area contributed by atoms with Gasteiger partial charge in [-0.2, -0.15) is 0 Å². The van der Waals surface area contributed by atoms with E-state index >= 15 is 0 Å². The Kier molecular flexibility index (Phi) is 4.45. The van der Waals surface area contributed by atoms with E-state index in [2.05, 4.69) is 22.0 Å². The Balaban J connectivity index is 1.61. The molecule has 1 N–H and O–H groups in total. The van der Waals surface area contributed by atoms with Gasteiger partial charge < -0.3 is 10.2 Å². The summed E-state index contributed by atoms with van der Waals surface area (Å²) in [5, 5.41) is 3.87. The van der Waals surface area contributed by atoms with Gasteiger partial charge in [-0.25, -0.2) is 0 Å². The summed E-state index contributed by atoms with van der Waals surface area (Å²) in [7, 11) is 0. The lowest BCUT2D eigenvalue weighted by Gasteiger charge is -2.50. The van der Waals surface area contributed by atoms with Crippen LogP contribution in [0.2, 0.25) is 0 Å². The van der Waals surface area contributed by atoms with E-state index in [1.54, 1.807) is 0 Å². The molecule has 0 aromatic rings. The molecule has 1 atom stereocenters. The molecule has 0 amide bonds. The van der Waals surface area contributed by atoms with Crippen LogP contribution in [-0.2, 0) is 0 Å². The van der Waals surface area contributed by atoms with E-state index in [1.807, 2.05) is 0 Å². The molecule has 2 heterocycles. The normalized spacial score (nSPS) is 33.6. The lowest BCUT2D eigenvalue weighted by Crippen LogP contribution is -2.64. The molecule has 1 saturated carbocycles. The number of hydrogen-bond donors (Lipinski definition) is 1. The highest BCUT2D eigenvalue weighted by atomic mass is 15.3. The van der Waals surface area contributed by atoms with Crippen molar-refractivity contribution in [3.05, 3.63) is 0 Å². The zero-order valence-electron chi connectivity index (χ0n) is 12.7. The third-order valence-corrected chi connectivity index (χ3v) is 5.66. The molecule has 0 aromatic carbocycles. The van der Waals surface area contributed by atoms with Crippen LogP contribution in [0, 0.1) is 0 Å². The van der Waals surface area contributed by atoms with E-state index in [4.69, 9.17) is 0 Å². The molecule has 3 aliphatic rings. The van der Waals surface area contributed by atoms with Crippen LogP contribution in [0.3, 0.4) is 0 Å². The molecular formula is C16H31N3. The maximum absolute atomic E-state index is 3.87. The number of likely N-dealkylation sites (tertiary alicyclic amines) is 1. The van der Waals surface area contributed by atoms with Gasteiger partial charge in [0.1, 0.15) is 0 Å². The minimum atomic E-state index is 0.477. The summed E-state index contributed by atoms with van der Waals surface area (Å²) in [4.78, 5) is 5.47. The summed E-state index contributed by atoms with van der Waals surface area (Å²) in [6.45, 7) is 9.97. The molecule has 110 valence electrons. The predicted octanol–water partition coefficient (Wildman–Crippen LogP) is 2.08. The van der Waals surface area contributed by atoms with E-state index in [0.29, 0.717) is 5.54 Å². The molecule has 3 nitrogen and oxygen atoms in total. The van der Waals surface area contributed by atoms with Crippen LogP contribution < -0.4 is 5.32 Å². The largest absolute Gasteiger partial charge is 0.309 e. The van der Waals surface area contributed by atoms with Crippen molar-refractivity contribution in [2.45, 2.75) is 63.5 Å². The van der Waals surface area contributed by atoms with Gasteiger partial charge in [0.2, 0.25) is 0 Å². The Morgan fingerprint density at radius 2 is 1.95 bits per heavy atom. The molecule has 1 aliphatic carbocycles. The van der Waals surface area contributed by atoms with E-state index in [0.717, 1.165) is 6.04 Å². The van der Waals surface area contributed by atoms with Crippen LogP contribution in [0.15, 0.2) is 0 Å². The highest BCUT2D eigenvalue weighted by molar-refractivity contribution is 4.98. The fourth-order valence-electron chi connectivity index (χ4n) is 4.48. The zero-order valence-corrected chi connectivity index (χ0v) is 12.7. The second-order valence-electron chi connectivity index (χ2n) is 6.93. The Labute approximate surface area is 118 Å². The Morgan fingerprint density at radius 3 is 2.74 bits per heavy atom. The van der Waals surface area contributed by atoms with Gasteiger partial charge in [0.05, 0.1) is 0 Å². The molecule has 0 radical (unpaired) electrons. The third-order valence-electron chi connectivity index (χ3n) is 5.66. The van der Waals surface area contributed by atoms with Crippen LogP contribution in [0.4, 0.5) is 0 Å². The molecule has 1 unspecified atom stereocenters. The number of rotatable bonds is 2. The third kappa shape index (κ3) is 3.14. The first kappa shape index (κ1) is 13.8. The maximum atomic E-state index is 3.87. The van der Waals surface area contributed by atoms with Crippen LogP contribution in [0.5, 0.6) is 0 Å². The lowest BCUT2D eigenvalue weighted by molar-refractivity contribution is 0.0349. The smallest absolute Gasteiger partial charge is 0.0309 e. The van der Waals surface area contributed by atoms with Crippen LogP contribution in [-0.4, -0.2) is 60.6 Å². The lowest BCUT2D eigenvalue weighted by atomic mass is 9.79. The van der Waals surface area contributed by atoms with E-state index < -0.39 is 0 Å². The number of piperazine rings is 1. The van der Waals surface area contributed by atoms with Gasteiger partial charge in [-0.3, -0.25) is 4.90 Å². The summed E-state index contributed by atoms with van der Waals surface area (Å²) in [5.74, 6) is 0. The van der Waals surface area contributed by atoms with E-state index in [9.17, 15) is 0 Å². The van der Waals surface area contributed by atoms with Crippen LogP contribution in [0.1, 0.15) is 51.9 Å². The fraction of sp³-hybridized carbons (Fsp3) is 1.00. The summed E-state index contributed by atoms with van der Waals surface area (Å²) in [6, 6.07) is 0.828.